The van der Waals surface area contributed by atoms with Gasteiger partial charge in [-0.25, -0.2) is 4.98 Å². The van der Waals surface area contributed by atoms with Gasteiger partial charge in [0.1, 0.15) is 11.8 Å². The molecule has 0 aliphatic rings. The summed E-state index contributed by atoms with van der Waals surface area (Å²) in [6.07, 6.45) is 1.61. The van der Waals surface area contributed by atoms with Crippen molar-refractivity contribution in [1.82, 2.24) is 4.98 Å². The van der Waals surface area contributed by atoms with Crippen LogP contribution in [0.2, 0.25) is 0 Å². The molecule has 68 valence electrons. The van der Waals surface area contributed by atoms with E-state index in [0.29, 0.717) is 11.6 Å². The highest BCUT2D eigenvalue weighted by Gasteiger charge is 2.14. The van der Waals surface area contributed by atoms with Gasteiger partial charge < -0.3 is 5.73 Å². The van der Waals surface area contributed by atoms with Gasteiger partial charge in [-0.15, -0.1) is 0 Å². The van der Waals surface area contributed by atoms with E-state index in [0.717, 1.165) is 5.56 Å². The van der Waals surface area contributed by atoms with E-state index in [1.54, 1.807) is 12.3 Å². The number of rotatable bonds is 2. The maximum Gasteiger partial charge on any atom is 0.145 e. The number of nitriles is 1. The van der Waals surface area contributed by atoms with Gasteiger partial charge in [0, 0.05) is 17.8 Å². The molecule has 3 heteroatoms. The monoisotopic (exact) mass is 175 g/mol. The van der Waals surface area contributed by atoms with Crippen molar-refractivity contribution in [2.45, 2.75) is 19.9 Å². The molecule has 0 aliphatic carbocycles. The van der Waals surface area contributed by atoms with Crippen LogP contribution in [0.5, 0.6) is 0 Å². The minimum absolute atomic E-state index is 0.108. The highest BCUT2D eigenvalue weighted by atomic mass is 14.7. The van der Waals surface area contributed by atoms with E-state index in [9.17, 15) is 0 Å². The molecule has 0 saturated carbocycles. The Kier molecular flexibility index (Phi) is 2.99. The van der Waals surface area contributed by atoms with Crippen molar-refractivity contribution in [3.05, 3.63) is 29.6 Å². The molecule has 0 saturated heterocycles. The highest BCUT2D eigenvalue weighted by Crippen LogP contribution is 2.20. The fourth-order valence-corrected chi connectivity index (χ4v) is 1.14. The van der Waals surface area contributed by atoms with Crippen molar-refractivity contribution in [2.24, 2.45) is 11.7 Å². The van der Waals surface area contributed by atoms with Crippen molar-refractivity contribution < 1.29 is 0 Å². The number of hydrogen-bond acceptors (Lipinski definition) is 3. The first-order chi connectivity index (χ1) is 6.16. The molecular formula is C10H13N3. The second-order valence-corrected chi connectivity index (χ2v) is 3.32. The zero-order valence-corrected chi connectivity index (χ0v) is 7.86. The standard InChI is InChI=1S/C10H13N3/c1-7(2)10(12)8-4-3-5-13-9(8)6-11/h3-5,7,10H,12H2,1-2H3/t10-/m1/s1. The second-order valence-electron chi connectivity index (χ2n) is 3.32. The van der Waals surface area contributed by atoms with Gasteiger partial charge in [-0.1, -0.05) is 19.9 Å². The number of aromatic nitrogens is 1. The number of nitrogens with zero attached hydrogens (tertiary/aromatic N) is 2. The molecule has 0 spiro atoms. The fourth-order valence-electron chi connectivity index (χ4n) is 1.14. The largest absolute Gasteiger partial charge is 0.324 e. The van der Waals surface area contributed by atoms with Crippen molar-refractivity contribution in [3.8, 4) is 6.07 Å². The molecule has 0 unspecified atom stereocenters. The lowest BCUT2D eigenvalue weighted by Crippen LogP contribution is -2.18. The van der Waals surface area contributed by atoms with Gasteiger partial charge in [0.15, 0.2) is 0 Å². The molecule has 3 nitrogen and oxygen atoms in total. The first kappa shape index (κ1) is 9.69. The van der Waals surface area contributed by atoms with Crippen LogP contribution in [0, 0.1) is 17.2 Å². The summed E-state index contributed by atoms with van der Waals surface area (Å²) in [5.74, 6) is 0.316. The summed E-state index contributed by atoms with van der Waals surface area (Å²) in [5.41, 5.74) is 7.19. The van der Waals surface area contributed by atoms with Gasteiger partial charge in [0.25, 0.3) is 0 Å². The lowest BCUT2D eigenvalue weighted by atomic mass is 9.96. The quantitative estimate of drug-likeness (QED) is 0.742. The van der Waals surface area contributed by atoms with Crippen LogP contribution in [0.25, 0.3) is 0 Å². The van der Waals surface area contributed by atoms with Crippen LogP contribution in [0.4, 0.5) is 0 Å². The normalized spacial score (nSPS) is 12.5. The van der Waals surface area contributed by atoms with Crippen LogP contribution >= 0.6 is 0 Å². The molecular weight excluding hydrogens is 162 g/mol. The molecule has 0 aromatic carbocycles. The van der Waals surface area contributed by atoms with E-state index >= 15 is 0 Å². The van der Waals surface area contributed by atoms with E-state index in [2.05, 4.69) is 4.98 Å². The summed E-state index contributed by atoms with van der Waals surface area (Å²) in [5, 5.41) is 8.78. The lowest BCUT2D eigenvalue weighted by molar-refractivity contribution is 0.512. The molecule has 1 atom stereocenters. The Balaban J connectivity index is 3.07. The Bertz CT molecular complexity index is 325. The summed E-state index contributed by atoms with van der Waals surface area (Å²) in [4.78, 5) is 3.96. The van der Waals surface area contributed by atoms with Gasteiger partial charge in [0.2, 0.25) is 0 Å². The topological polar surface area (TPSA) is 62.7 Å². The molecule has 0 bridgehead atoms. The third kappa shape index (κ3) is 2.04. The Morgan fingerprint density at radius 3 is 2.77 bits per heavy atom. The first-order valence-electron chi connectivity index (χ1n) is 4.27. The van der Waals surface area contributed by atoms with Crippen LogP contribution in [-0.2, 0) is 0 Å². The SMILES string of the molecule is CC(C)[C@@H](N)c1cccnc1C#N. The molecule has 0 amide bonds. The molecule has 2 N–H and O–H groups in total. The van der Waals surface area contributed by atoms with Crippen molar-refractivity contribution in [2.75, 3.05) is 0 Å². The van der Waals surface area contributed by atoms with Gasteiger partial charge in [-0.3, -0.25) is 0 Å². The lowest BCUT2D eigenvalue weighted by Gasteiger charge is -2.16. The fraction of sp³-hybridized carbons (Fsp3) is 0.400. The van der Waals surface area contributed by atoms with Crippen LogP contribution in [0.1, 0.15) is 31.1 Å². The van der Waals surface area contributed by atoms with Crippen LogP contribution in [-0.4, -0.2) is 4.98 Å². The molecule has 1 rings (SSSR count). The van der Waals surface area contributed by atoms with Gasteiger partial charge in [-0.2, -0.15) is 5.26 Å². The Morgan fingerprint density at radius 1 is 1.54 bits per heavy atom. The van der Waals surface area contributed by atoms with Crippen LogP contribution in [0.3, 0.4) is 0 Å². The third-order valence-corrected chi connectivity index (χ3v) is 2.02. The predicted molar refractivity (Wildman–Crippen MR) is 50.7 cm³/mol. The average Bonchev–Trinajstić information content (AvgIpc) is 2.16. The predicted octanol–water partition coefficient (Wildman–Crippen LogP) is 1.61. The summed E-state index contributed by atoms with van der Waals surface area (Å²) in [7, 11) is 0. The summed E-state index contributed by atoms with van der Waals surface area (Å²) in [6.45, 7) is 4.05. The van der Waals surface area contributed by atoms with E-state index < -0.39 is 0 Å². The number of nitrogens with two attached hydrogens (primary N) is 1. The van der Waals surface area contributed by atoms with E-state index in [-0.39, 0.29) is 6.04 Å². The Hall–Kier alpha value is -1.40. The van der Waals surface area contributed by atoms with E-state index in [4.69, 9.17) is 11.0 Å². The van der Waals surface area contributed by atoms with Crippen molar-refractivity contribution in [1.29, 1.82) is 5.26 Å². The molecule has 1 aromatic rings. The molecule has 0 radical (unpaired) electrons. The van der Waals surface area contributed by atoms with Gasteiger partial charge in [-0.05, 0) is 12.0 Å². The third-order valence-electron chi connectivity index (χ3n) is 2.02. The molecule has 0 aliphatic heterocycles. The number of hydrogen-bond donors (Lipinski definition) is 1. The zero-order chi connectivity index (χ0) is 9.84. The zero-order valence-electron chi connectivity index (χ0n) is 7.86. The minimum Gasteiger partial charge on any atom is -0.324 e. The molecule has 0 fully saturated rings. The van der Waals surface area contributed by atoms with E-state index in [1.165, 1.54) is 0 Å². The molecule has 13 heavy (non-hydrogen) atoms. The molecule has 1 aromatic heterocycles. The Morgan fingerprint density at radius 2 is 2.23 bits per heavy atom. The van der Waals surface area contributed by atoms with E-state index in [1.807, 2.05) is 26.0 Å². The van der Waals surface area contributed by atoms with Crippen LogP contribution in [0.15, 0.2) is 18.3 Å². The van der Waals surface area contributed by atoms with Crippen molar-refractivity contribution in [3.63, 3.8) is 0 Å². The number of pyridine rings is 1. The van der Waals surface area contributed by atoms with Crippen LogP contribution < -0.4 is 5.73 Å². The average molecular weight is 175 g/mol. The summed E-state index contributed by atoms with van der Waals surface area (Å²) < 4.78 is 0. The van der Waals surface area contributed by atoms with Gasteiger partial charge in [0.05, 0.1) is 0 Å². The smallest absolute Gasteiger partial charge is 0.145 e. The molecule has 1 heterocycles. The maximum atomic E-state index is 8.78. The summed E-state index contributed by atoms with van der Waals surface area (Å²) >= 11 is 0. The summed E-state index contributed by atoms with van der Waals surface area (Å²) in [6, 6.07) is 5.59. The maximum absolute atomic E-state index is 8.78. The second kappa shape index (κ2) is 4.01. The van der Waals surface area contributed by atoms with Gasteiger partial charge >= 0.3 is 0 Å². The minimum atomic E-state index is -0.108. The Labute approximate surface area is 78.2 Å². The highest BCUT2D eigenvalue weighted by molar-refractivity contribution is 5.33. The first-order valence-corrected chi connectivity index (χ1v) is 4.27. The van der Waals surface area contributed by atoms with Crippen molar-refractivity contribution >= 4 is 0 Å².